The molecule has 0 N–H and O–H groups in total. The molecular formula is C9H9IO2. The van der Waals surface area contributed by atoms with Gasteiger partial charge in [-0.25, -0.2) is 0 Å². The van der Waals surface area contributed by atoms with Crippen molar-refractivity contribution in [2.75, 3.05) is 4.43 Å². The second-order valence-corrected chi connectivity index (χ2v) is 3.18. The lowest BCUT2D eigenvalue weighted by molar-refractivity contribution is -0.131. The zero-order valence-corrected chi connectivity index (χ0v) is 8.87. The Morgan fingerprint density at radius 3 is 2.50 bits per heavy atom. The summed E-state index contributed by atoms with van der Waals surface area (Å²) < 4.78 is 5.35. The Kier molecular flexibility index (Phi) is 3.52. The van der Waals surface area contributed by atoms with Crippen molar-refractivity contribution in [2.45, 2.75) is 6.92 Å². The number of hydrogen-bond acceptors (Lipinski definition) is 2. The lowest BCUT2D eigenvalue weighted by atomic mass is 10.2. The number of carbonyl (C=O) groups is 1. The Morgan fingerprint density at radius 2 is 2.00 bits per heavy atom. The third-order valence-corrected chi connectivity index (χ3v) is 1.98. The lowest BCUT2D eigenvalue weighted by Gasteiger charge is -2.01. The van der Waals surface area contributed by atoms with Crippen LogP contribution in [0.25, 0.3) is 0 Å². The van der Waals surface area contributed by atoms with Crippen molar-refractivity contribution in [2.24, 2.45) is 0 Å². The maximum Gasteiger partial charge on any atom is 0.321 e. The average molecular weight is 276 g/mol. The van der Waals surface area contributed by atoms with Gasteiger partial charge in [-0.3, -0.25) is 4.79 Å². The molecule has 0 fully saturated rings. The van der Waals surface area contributed by atoms with E-state index in [1.54, 1.807) is 12.1 Å². The number of esters is 1. The number of carbonyl (C=O) groups excluding carboxylic acids is 1. The number of hydrogen-bond donors (Lipinski definition) is 0. The molecule has 3 heteroatoms. The molecule has 0 heterocycles. The number of halogens is 1. The first-order valence-electron chi connectivity index (χ1n) is 3.55. The molecule has 0 saturated heterocycles. The Balaban J connectivity index is 2.64. The van der Waals surface area contributed by atoms with E-state index in [2.05, 4.69) is 0 Å². The largest absolute Gasteiger partial charge is 0.426 e. The van der Waals surface area contributed by atoms with Gasteiger partial charge in [0.25, 0.3) is 0 Å². The van der Waals surface area contributed by atoms with Crippen LogP contribution in [0.1, 0.15) is 5.56 Å². The summed E-state index contributed by atoms with van der Waals surface area (Å²) in [4.78, 5) is 10.8. The van der Waals surface area contributed by atoms with Crippen molar-refractivity contribution in [3.05, 3.63) is 29.8 Å². The normalized spacial score (nSPS) is 9.50. The van der Waals surface area contributed by atoms with Crippen LogP contribution < -0.4 is 4.74 Å². The quantitative estimate of drug-likeness (QED) is 0.358. The van der Waals surface area contributed by atoms with Crippen LogP contribution in [0.4, 0.5) is 0 Å². The van der Waals surface area contributed by atoms with Crippen molar-refractivity contribution in [3.8, 4) is 5.75 Å². The summed E-state index contributed by atoms with van der Waals surface area (Å²) in [5.41, 5.74) is 1.16. The second-order valence-electron chi connectivity index (χ2n) is 2.42. The standard InChI is InChI=1S/C9H9IO2/c1-7-2-4-8(5-3-7)12-9(11)6-10/h2-5H,6H2,1H3. The van der Waals surface area contributed by atoms with Gasteiger partial charge >= 0.3 is 5.97 Å². The summed E-state index contributed by atoms with van der Waals surface area (Å²) in [7, 11) is 0. The molecular weight excluding hydrogens is 267 g/mol. The molecule has 0 aliphatic rings. The van der Waals surface area contributed by atoms with Gasteiger partial charge in [0.05, 0.1) is 4.43 Å². The molecule has 0 aliphatic carbocycles. The maximum absolute atomic E-state index is 10.8. The predicted molar refractivity (Wildman–Crippen MR) is 55.7 cm³/mol. The van der Waals surface area contributed by atoms with E-state index in [0.29, 0.717) is 10.2 Å². The van der Waals surface area contributed by atoms with Crippen LogP contribution in [-0.4, -0.2) is 10.4 Å². The maximum atomic E-state index is 10.8. The third-order valence-electron chi connectivity index (χ3n) is 1.36. The number of ether oxygens (including phenoxy) is 1. The molecule has 0 unspecified atom stereocenters. The molecule has 2 nitrogen and oxygen atoms in total. The van der Waals surface area contributed by atoms with Gasteiger partial charge in [0, 0.05) is 0 Å². The Morgan fingerprint density at radius 1 is 1.42 bits per heavy atom. The number of rotatable bonds is 2. The van der Waals surface area contributed by atoms with Crippen LogP contribution in [0, 0.1) is 6.92 Å². The Labute approximate surface area is 85.1 Å². The Bertz CT molecular complexity index is 266. The zero-order chi connectivity index (χ0) is 8.97. The first kappa shape index (κ1) is 9.51. The van der Waals surface area contributed by atoms with Gasteiger partial charge in [-0.15, -0.1) is 0 Å². The highest BCUT2D eigenvalue weighted by molar-refractivity contribution is 14.1. The van der Waals surface area contributed by atoms with Crippen LogP contribution in [-0.2, 0) is 4.79 Å². The van der Waals surface area contributed by atoms with E-state index in [0.717, 1.165) is 5.56 Å². The molecule has 0 radical (unpaired) electrons. The van der Waals surface area contributed by atoms with Gasteiger partial charge in [0.1, 0.15) is 5.75 Å². The van der Waals surface area contributed by atoms with E-state index < -0.39 is 0 Å². The average Bonchev–Trinajstić information content (AvgIpc) is 2.09. The highest BCUT2D eigenvalue weighted by atomic mass is 127. The molecule has 1 aromatic rings. The predicted octanol–water partition coefficient (Wildman–Crippen LogP) is 2.34. The van der Waals surface area contributed by atoms with E-state index in [-0.39, 0.29) is 5.97 Å². The fourth-order valence-corrected chi connectivity index (χ4v) is 0.921. The molecule has 0 spiro atoms. The molecule has 0 saturated carbocycles. The van der Waals surface area contributed by atoms with Gasteiger partial charge in [-0.2, -0.15) is 0 Å². The number of aryl methyl sites for hydroxylation is 1. The van der Waals surface area contributed by atoms with Crippen LogP contribution in [0.15, 0.2) is 24.3 Å². The first-order chi connectivity index (χ1) is 5.72. The molecule has 1 rings (SSSR count). The fraction of sp³-hybridized carbons (Fsp3) is 0.222. The summed E-state index contributed by atoms with van der Waals surface area (Å²) in [5, 5.41) is 0. The fourth-order valence-electron chi connectivity index (χ4n) is 0.765. The lowest BCUT2D eigenvalue weighted by Crippen LogP contribution is -2.08. The summed E-state index contributed by atoms with van der Waals surface area (Å²) in [6, 6.07) is 7.41. The van der Waals surface area contributed by atoms with Gasteiger partial charge in [-0.1, -0.05) is 40.3 Å². The van der Waals surface area contributed by atoms with E-state index in [9.17, 15) is 4.79 Å². The van der Waals surface area contributed by atoms with Crippen molar-refractivity contribution in [3.63, 3.8) is 0 Å². The SMILES string of the molecule is Cc1ccc(OC(=O)CI)cc1. The van der Waals surface area contributed by atoms with E-state index in [1.807, 2.05) is 41.6 Å². The van der Waals surface area contributed by atoms with Crippen molar-refractivity contribution >= 4 is 28.6 Å². The summed E-state index contributed by atoms with van der Waals surface area (Å²) in [6.45, 7) is 1.99. The topological polar surface area (TPSA) is 26.3 Å². The van der Waals surface area contributed by atoms with Crippen LogP contribution in [0.3, 0.4) is 0 Å². The number of benzene rings is 1. The second kappa shape index (κ2) is 4.45. The first-order valence-corrected chi connectivity index (χ1v) is 5.08. The van der Waals surface area contributed by atoms with Gasteiger partial charge in [-0.05, 0) is 19.1 Å². The Hall–Kier alpha value is -0.580. The molecule has 0 amide bonds. The minimum atomic E-state index is -0.209. The van der Waals surface area contributed by atoms with Crippen LogP contribution in [0.2, 0.25) is 0 Å². The van der Waals surface area contributed by atoms with Crippen molar-refractivity contribution < 1.29 is 9.53 Å². The summed E-state index contributed by atoms with van der Waals surface area (Å²) in [6.07, 6.45) is 0. The van der Waals surface area contributed by atoms with E-state index in [4.69, 9.17) is 4.74 Å². The number of alkyl halides is 1. The highest BCUT2D eigenvalue weighted by Gasteiger charge is 2.00. The summed E-state index contributed by atoms with van der Waals surface area (Å²) in [5.74, 6) is 0.404. The molecule has 0 aromatic heterocycles. The summed E-state index contributed by atoms with van der Waals surface area (Å²) >= 11 is 1.97. The van der Waals surface area contributed by atoms with Crippen LogP contribution in [0.5, 0.6) is 5.75 Å². The van der Waals surface area contributed by atoms with E-state index >= 15 is 0 Å². The van der Waals surface area contributed by atoms with Gasteiger partial charge in [0.15, 0.2) is 0 Å². The molecule has 0 bridgehead atoms. The minimum Gasteiger partial charge on any atom is -0.426 e. The molecule has 0 aliphatic heterocycles. The molecule has 1 aromatic carbocycles. The van der Waals surface area contributed by atoms with Gasteiger partial charge in [0.2, 0.25) is 0 Å². The van der Waals surface area contributed by atoms with Crippen LogP contribution >= 0.6 is 22.6 Å². The van der Waals surface area contributed by atoms with Gasteiger partial charge < -0.3 is 4.74 Å². The van der Waals surface area contributed by atoms with Crippen molar-refractivity contribution in [1.82, 2.24) is 0 Å². The molecule has 0 atom stereocenters. The smallest absolute Gasteiger partial charge is 0.321 e. The monoisotopic (exact) mass is 276 g/mol. The van der Waals surface area contributed by atoms with E-state index in [1.165, 1.54) is 0 Å². The zero-order valence-electron chi connectivity index (χ0n) is 6.71. The third kappa shape index (κ3) is 2.81. The molecule has 12 heavy (non-hydrogen) atoms. The van der Waals surface area contributed by atoms with Crippen molar-refractivity contribution in [1.29, 1.82) is 0 Å². The minimum absolute atomic E-state index is 0.209. The highest BCUT2D eigenvalue weighted by Crippen LogP contribution is 2.11. The molecule has 64 valence electrons.